The Bertz CT molecular complexity index is 506. The fraction of sp³-hybridized carbons (Fsp3) is 0.143. The highest BCUT2D eigenvalue weighted by Crippen LogP contribution is 2.20. The van der Waals surface area contributed by atoms with Crippen molar-refractivity contribution in [3.63, 3.8) is 0 Å². The molecule has 0 aliphatic carbocycles. The van der Waals surface area contributed by atoms with Crippen molar-refractivity contribution in [2.45, 2.75) is 13.5 Å². The summed E-state index contributed by atoms with van der Waals surface area (Å²) < 4.78 is 1.09. The highest BCUT2D eigenvalue weighted by atomic mass is 79.9. The standard InChI is InChI=1S/C14H15BrN2/c1-10-2-7-13(16)14(8-10)17-9-11-3-5-12(15)6-4-11/h2-8,17H,9,16H2,1H3. The van der Waals surface area contributed by atoms with Crippen molar-refractivity contribution in [1.82, 2.24) is 0 Å². The maximum Gasteiger partial charge on any atom is 0.0579 e. The van der Waals surface area contributed by atoms with E-state index in [4.69, 9.17) is 5.73 Å². The Morgan fingerprint density at radius 2 is 1.82 bits per heavy atom. The number of nitrogens with one attached hydrogen (secondary N) is 1. The molecule has 88 valence electrons. The van der Waals surface area contributed by atoms with Crippen LogP contribution in [-0.4, -0.2) is 0 Å². The molecule has 0 heterocycles. The molecule has 0 aromatic heterocycles. The molecule has 0 saturated carbocycles. The molecule has 3 heteroatoms. The van der Waals surface area contributed by atoms with Crippen molar-refractivity contribution in [3.8, 4) is 0 Å². The van der Waals surface area contributed by atoms with Gasteiger partial charge in [-0.15, -0.1) is 0 Å². The summed E-state index contributed by atoms with van der Waals surface area (Å²) in [4.78, 5) is 0. The average Bonchev–Trinajstić information content (AvgIpc) is 2.32. The van der Waals surface area contributed by atoms with Gasteiger partial charge in [-0.3, -0.25) is 0 Å². The Balaban J connectivity index is 2.07. The smallest absolute Gasteiger partial charge is 0.0579 e. The lowest BCUT2D eigenvalue weighted by atomic mass is 10.1. The van der Waals surface area contributed by atoms with Gasteiger partial charge in [-0.2, -0.15) is 0 Å². The van der Waals surface area contributed by atoms with E-state index in [1.54, 1.807) is 0 Å². The van der Waals surface area contributed by atoms with Crippen LogP contribution in [0.5, 0.6) is 0 Å². The molecule has 2 rings (SSSR count). The van der Waals surface area contributed by atoms with Crippen molar-refractivity contribution >= 4 is 27.3 Å². The lowest BCUT2D eigenvalue weighted by Crippen LogP contribution is -2.02. The Labute approximate surface area is 110 Å². The largest absolute Gasteiger partial charge is 0.397 e. The second-order valence-electron chi connectivity index (χ2n) is 4.07. The number of hydrogen-bond donors (Lipinski definition) is 2. The molecule has 0 saturated heterocycles. The highest BCUT2D eigenvalue weighted by Gasteiger charge is 1.99. The summed E-state index contributed by atoms with van der Waals surface area (Å²) in [6, 6.07) is 14.3. The minimum Gasteiger partial charge on any atom is -0.397 e. The normalized spacial score (nSPS) is 10.2. The van der Waals surface area contributed by atoms with Gasteiger partial charge in [0.2, 0.25) is 0 Å². The maximum absolute atomic E-state index is 5.91. The van der Waals surface area contributed by atoms with Crippen LogP contribution in [0.4, 0.5) is 11.4 Å². The quantitative estimate of drug-likeness (QED) is 0.840. The molecule has 0 aliphatic heterocycles. The van der Waals surface area contributed by atoms with Crippen molar-refractivity contribution in [1.29, 1.82) is 0 Å². The first-order valence-electron chi connectivity index (χ1n) is 5.49. The van der Waals surface area contributed by atoms with Gasteiger partial charge in [0.05, 0.1) is 11.4 Å². The molecule has 0 fully saturated rings. The van der Waals surface area contributed by atoms with E-state index >= 15 is 0 Å². The summed E-state index contributed by atoms with van der Waals surface area (Å²) in [7, 11) is 0. The molecule has 3 N–H and O–H groups in total. The van der Waals surface area contributed by atoms with Gasteiger partial charge in [-0.25, -0.2) is 0 Å². The van der Waals surface area contributed by atoms with E-state index in [1.807, 2.05) is 24.3 Å². The number of hydrogen-bond acceptors (Lipinski definition) is 2. The minimum atomic E-state index is 0.779. The summed E-state index contributed by atoms with van der Waals surface area (Å²) >= 11 is 3.42. The SMILES string of the molecule is Cc1ccc(N)c(NCc2ccc(Br)cc2)c1. The van der Waals surface area contributed by atoms with Crippen LogP contribution in [0.1, 0.15) is 11.1 Å². The molecular weight excluding hydrogens is 276 g/mol. The Morgan fingerprint density at radius 3 is 2.53 bits per heavy atom. The first-order valence-corrected chi connectivity index (χ1v) is 6.29. The van der Waals surface area contributed by atoms with Crippen molar-refractivity contribution in [2.75, 3.05) is 11.1 Å². The molecule has 2 aromatic carbocycles. The number of benzene rings is 2. The number of nitrogens with two attached hydrogens (primary N) is 1. The second kappa shape index (κ2) is 5.23. The zero-order valence-electron chi connectivity index (χ0n) is 9.70. The molecule has 17 heavy (non-hydrogen) atoms. The summed E-state index contributed by atoms with van der Waals surface area (Å²) in [5.74, 6) is 0. The third-order valence-corrected chi connectivity index (χ3v) is 3.13. The molecule has 2 aromatic rings. The monoisotopic (exact) mass is 290 g/mol. The molecule has 2 nitrogen and oxygen atoms in total. The lowest BCUT2D eigenvalue weighted by molar-refractivity contribution is 1.15. The number of rotatable bonds is 3. The zero-order chi connectivity index (χ0) is 12.3. The fourth-order valence-electron chi connectivity index (χ4n) is 1.62. The van der Waals surface area contributed by atoms with Gasteiger partial charge in [0.1, 0.15) is 0 Å². The highest BCUT2D eigenvalue weighted by molar-refractivity contribution is 9.10. The van der Waals surface area contributed by atoms with Gasteiger partial charge >= 0.3 is 0 Å². The second-order valence-corrected chi connectivity index (χ2v) is 4.99. The van der Waals surface area contributed by atoms with Crippen LogP contribution in [0, 0.1) is 6.92 Å². The zero-order valence-corrected chi connectivity index (χ0v) is 11.3. The first kappa shape index (κ1) is 12.0. The lowest BCUT2D eigenvalue weighted by Gasteiger charge is -2.10. The predicted molar refractivity (Wildman–Crippen MR) is 77.1 cm³/mol. The van der Waals surface area contributed by atoms with Crippen LogP contribution < -0.4 is 11.1 Å². The van der Waals surface area contributed by atoms with Crippen LogP contribution in [0.2, 0.25) is 0 Å². The summed E-state index contributed by atoms with van der Waals surface area (Å²) in [6.07, 6.45) is 0. The summed E-state index contributed by atoms with van der Waals surface area (Å²) in [6.45, 7) is 2.84. The molecule has 0 atom stereocenters. The van der Waals surface area contributed by atoms with Crippen molar-refractivity contribution in [2.24, 2.45) is 0 Å². The summed E-state index contributed by atoms with van der Waals surface area (Å²) in [5, 5.41) is 3.35. The molecule has 0 radical (unpaired) electrons. The molecule has 0 bridgehead atoms. The van der Waals surface area contributed by atoms with Crippen LogP contribution in [-0.2, 0) is 6.54 Å². The molecule has 0 spiro atoms. The predicted octanol–water partition coefficient (Wildman–Crippen LogP) is 3.95. The van der Waals surface area contributed by atoms with Crippen molar-refractivity contribution < 1.29 is 0 Å². The van der Waals surface area contributed by atoms with E-state index in [1.165, 1.54) is 11.1 Å². The third kappa shape index (κ3) is 3.24. The average molecular weight is 291 g/mol. The summed E-state index contributed by atoms with van der Waals surface area (Å²) in [5.41, 5.74) is 10.1. The Kier molecular flexibility index (Phi) is 3.69. The minimum absolute atomic E-state index is 0.779. The number of anilines is 2. The van der Waals surface area contributed by atoms with Gasteiger partial charge < -0.3 is 11.1 Å². The van der Waals surface area contributed by atoms with Gasteiger partial charge in [-0.05, 0) is 42.3 Å². The first-order chi connectivity index (χ1) is 8.15. The van der Waals surface area contributed by atoms with Gasteiger partial charge in [-0.1, -0.05) is 34.1 Å². The van der Waals surface area contributed by atoms with Gasteiger partial charge in [0.15, 0.2) is 0 Å². The number of nitrogen functional groups attached to an aromatic ring is 1. The van der Waals surface area contributed by atoms with E-state index in [2.05, 4.69) is 46.4 Å². The van der Waals surface area contributed by atoms with E-state index in [0.717, 1.165) is 22.4 Å². The van der Waals surface area contributed by atoms with E-state index < -0.39 is 0 Å². The molecule has 0 amide bonds. The molecule has 0 unspecified atom stereocenters. The van der Waals surface area contributed by atoms with E-state index in [9.17, 15) is 0 Å². The number of aryl methyl sites for hydroxylation is 1. The van der Waals surface area contributed by atoms with Crippen molar-refractivity contribution in [3.05, 3.63) is 58.1 Å². The van der Waals surface area contributed by atoms with Crippen LogP contribution in [0.15, 0.2) is 46.9 Å². The van der Waals surface area contributed by atoms with Crippen LogP contribution in [0.25, 0.3) is 0 Å². The third-order valence-electron chi connectivity index (χ3n) is 2.61. The maximum atomic E-state index is 5.91. The van der Waals surface area contributed by atoms with E-state index in [0.29, 0.717) is 0 Å². The Morgan fingerprint density at radius 1 is 1.12 bits per heavy atom. The van der Waals surface area contributed by atoms with E-state index in [-0.39, 0.29) is 0 Å². The van der Waals surface area contributed by atoms with Crippen LogP contribution >= 0.6 is 15.9 Å². The topological polar surface area (TPSA) is 38.0 Å². The molecular formula is C14H15BrN2. The molecule has 0 aliphatic rings. The van der Waals surface area contributed by atoms with Gasteiger partial charge in [0.25, 0.3) is 0 Å². The Hall–Kier alpha value is -1.48. The number of halogens is 1. The van der Waals surface area contributed by atoms with Crippen LogP contribution in [0.3, 0.4) is 0 Å². The van der Waals surface area contributed by atoms with Gasteiger partial charge in [0, 0.05) is 11.0 Å². The fourth-order valence-corrected chi connectivity index (χ4v) is 1.89.